The quantitative estimate of drug-likeness (QED) is 0.0713. The third-order valence-electron chi connectivity index (χ3n) is 29.3. The molecule has 1 spiro atoms. The van der Waals surface area contributed by atoms with Crippen LogP contribution in [0.2, 0.25) is 0 Å². The van der Waals surface area contributed by atoms with Crippen molar-refractivity contribution >= 4 is 51.5 Å². The largest absolute Gasteiger partial charge is 0.365 e. The maximum atomic E-state index is 13.3. The fourth-order valence-electron chi connectivity index (χ4n) is 21.4. The molecule has 6 aliphatic heterocycles. The lowest BCUT2D eigenvalue weighted by Crippen LogP contribution is -2.54. The lowest BCUT2D eigenvalue weighted by Gasteiger charge is -2.46. The first-order valence-corrected chi connectivity index (χ1v) is 44.5. The molecule has 610 valence electrons. The molecular formula is C96H133N15O3. The molecular weight excluding hydrogens is 1410 g/mol. The van der Waals surface area contributed by atoms with Crippen LogP contribution in [0.3, 0.4) is 0 Å². The molecule has 3 aromatic rings. The predicted octanol–water partition coefficient (Wildman–Crippen LogP) is 17.9. The van der Waals surface area contributed by atoms with Gasteiger partial charge in [0, 0.05) is 149 Å². The summed E-state index contributed by atoms with van der Waals surface area (Å²) in [7, 11) is 2.23. The molecule has 16 rings (SSSR count). The Morgan fingerprint density at radius 3 is 1.19 bits per heavy atom. The molecule has 6 N–H and O–H groups in total. The molecule has 18 heteroatoms. The van der Waals surface area contributed by atoms with Crippen molar-refractivity contribution < 1.29 is 14.4 Å². The normalized spacial score (nSPS) is 27.7. The Bertz CT molecular complexity index is 4240. The van der Waals surface area contributed by atoms with Gasteiger partial charge in [-0.1, -0.05) is 142 Å². The number of nitrogens with zero attached hydrogens (tertiary/aromatic N) is 9. The zero-order valence-corrected chi connectivity index (χ0v) is 70.1. The van der Waals surface area contributed by atoms with Gasteiger partial charge in [-0.15, -0.1) is 0 Å². The number of hydrogen-bond donors (Lipinski definition) is 6. The van der Waals surface area contributed by atoms with Crippen LogP contribution in [0, 0.1) is 36.0 Å². The number of hydrogen-bond acceptors (Lipinski definition) is 12. The van der Waals surface area contributed by atoms with Crippen LogP contribution in [0.5, 0.6) is 0 Å². The average Bonchev–Trinajstić information content (AvgIpc) is 1.50. The summed E-state index contributed by atoms with van der Waals surface area (Å²) in [5.74, 6) is 2.44. The Morgan fingerprint density at radius 2 is 0.816 bits per heavy atom. The van der Waals surface area contributed by atoms with E-state index in [-0.39, 0.29) is 41.4 Å². The third-order valence-corrected chi connectivity index (χ3v) is 29.3. The lowest BCUT2D eigenvalue weighted by molar-refractivity contribution is -0.118. The Kier molecular flexibility index (Phi) is 27.0. The summed E-state index contributed by atoms with van der Waals surface area (Å²) in [4.78, 5) is 65.6. The van der Waals surface area contributed by atoms with Crippen LogP contribution in [0.15, 0.2) is 109 Å². The zero-order chi connectivity index (χ0) is 79.6. The van der Waals surface area contributed by atoms with Crippen LogP contribution in [0.4, 0.5) is 17.1 Å². The number of carbonyl (C=O) groups excluding carboxylic acids is 3. The number of amides is 3. The van der Waals surface area contributed by atoms with Gasteiger partial charge in [0.15, 0.2) is 18.1 Å². The van der Waals surface area contributed by atoms with Gasteiger partial charge in [0.05, 0.1) is 0 Å². The Balaban J connectivity index is 0.000000142. The van der Waals surface area contributed by atoms with Crippen molar-refractivity contribution in [1.82, 2.24) is 45.3 Å². The van der Waals surface area contributed by atoms with Crippen molar-refractivity contribution in [2.24, 2.45) is 16.2 Å². The van der Waals surface area contributed by atoms with Crippen LogP contribution in [-0.2, 0) is 19.9 Å². The summed E-state index contributed by atoms with van der Waals surface area (Å²) in [6.07, 6.45) is 45.2. The van der Waals surface area contributed by atoms with Gasteiger partial charge >= 0.3 is 0 Å². The molecule has 0 bridgehead atoms. The molecule has 13 aliphatic rings. The van der Waals surface area contributed by atoms with E-state index in [9.17, 15) is 14.4 Å². The fraction of sp³-hybridized carbons (Fsp3) is 0.625. The van der Waals surface area contributed by atoms with Gasteiger partial charge in [-0.2, -0.15) is 0 Å². The Hall–Kier alpha value is -7.86. The van der Waals surface area contributed by atoms with Crippen molar-refractivity contribution in [3.63, 3.8) is 0 Å². The van der Waals surface area contributed by atoms with Gasteiger partial charge < -0.3 is 61.1 Å². The van der Waals surface area contributed by atoms with Gasteiger partial charge in [-0.05, 0) is 253 Å². The van der Waals surface area contributed by atoms with Crippen LogP contribution in [-0.4, -0.2) is 176 Å². The van der Waals surface area contributed by atoms with Gasteiger partial charge in [0.25, 0.3) is 17.7 Å². The molecule has 18 nitrogen and oxygen atoms in total. The van der Waals surface area contributed by atoms with Crippen molar-refractivity contribution in [2.45, 2.75) is 269 Å². The smallest absolute Gasteiger partial charge is 0.268 e. The lowest BCUT2D eigenvalue weighted by atomic mass is 9.72. The minimum absolute atomic E-state index is 0.0474. The number of piperazine rings is 3. The van der Waals surface area contributed by atoms with Crippen molar-refractivity contribution in [1.29, 1.82) is 0 Å². The molecule has 3 saturated heterocycles. The van der Waals surface area contributed by atoms with E-state index in [4.69, 9.17) is 19.7 Å². The first-order chi connectivity index (χ1) is 55.2. The van der Waals surface area contributed by atoms with E-state index in [1.807, 2.05) is 18.2 Å². The van der Waals surface area contributed by atoms with E-state index in [1.54, 1.807) is 0 Å². The van der Waals surface area contributed by atoms with Gasteiger partial charge in [0.2, 0.25) is 17.5 Å². The van der Waals surface area contributed by atoms with Crippen molar-refractivity contribution in [3.8, 4) is 0 Å². The SMILES string of the molecule is [C-]#[N+]C1=CCC(C(=O)Nc2ccc(C3(N4CCN(CC)CC4)CCCC3)cc2C2=CCC3(CCCC3)CC2)N1.[C-]#[N+]C1=CCC(C(=O)Nc2ccc(C3CCC(N4CCN(C)CC4)CC3)cc2C2=CCC(C)(C)CC2)N1.[C-]#[N+]C1=CCC(C(=O)Nc2ccc(C3CCC(N4CCN(CC)CC4)CC3)cc2C2=CCC(C)(C)CC2)N1. The zero-order valence-electron chi connectivity index (χ0n) is 70.1. The summed E-state index contributed by atoms with van der Waals surface area (Å²) < 4.78 is 0. The number of carbonyl (C=O) groups is 3. The molecule has 3 aromatic carbocycles. The highest BCUT2D eigenvalue weighted by atomic mass is 16.2. The number of likely N-dealkylation sites (N-methyl/N-ethyl adjacent to an activating group) is 3. The average molecular weight is 1550 g/mol. The minimum atomic E-state index is -0.375. The van der Waals surface area contributed by atoms with E-state index < -0.39 is 0 Å². The second-order valence-electron chi connectivity index (χ2n) is 37.6. The molecule has 114 heavy (non-hydrogen) atoms. The molecule has 0 radical (unpaired) electrons. The van der Waals surface area contributed by atoms with E-state index in [2.05, 4.69) is 197 Å². The van der Waals surface area contributed by atoms with Gasteiger partial charge in [0.1, 0.15) is 0 Å². The molecule has 6 heterocycles. The summed E-state index contributed by atoms with van der Waals surface area (Å²) in [5.41, 5.74) is 16.1. The highest BCUT2D eigenvalue weighted by Crippen LogP contribution is 2.53. The molecule has 4 saturated carbocycles. The standard InChI is InChI=1S/C33H45N5O.C32H45N5O.C31H43N5O/c1-3-37-20-22-38(23-21-37)33(16-6-7-17-33)26-8-9-28(36-31(39)29-10-11-30(34-2)35-29)27(24-26)25-12-18-32(19-13-25)14-4-5-15-32;1-5-36-18-20-37(21-19-36)26-9-6-23(7-10-26)25-8-11-28(35-31(38)29-12-13-30(33-4)34-29)27(22-25)24-14-16-32(2,3)17-15-24;1-31(2)15-13-23(14-16-31)26-21-24(7-10-27(26)34-30(37)28-11-12-29(32-3)33-28)22-5-8-25(9-6-22)36-19-17-35(4)18-20-36/h8-9,11-12,24,29,35H,3-7,10,13-23H2,1H3,(H,36,39);8,11,13-14,22-23,26,29,34H,5-7,9-10,12,15-21H2,1-3H3,(H,35,38);7,10,12-13,21-22,25,28,33H,5-6,8-9,11,14-20H2,1-2,4H3,(H,34,37). The van der Waals surface area contributed by atoms with E-state index in [0.29, 0.717) is 64.8 Å². The van der Waals surface area contributed by atoms with E-state index in [1.165, 1.54) is 225 Å². The fourth-order valence-corrected chi connectivity index (χ4v) is 21.4. The monoisotopic (exact) mass is 1540 g/mol. The number of nitrogens with one attached hydrogen (secondary N) is 6. The van der Waals surface area contributed by atoms with Gasteiger partial charge in [-0.25, -0.2) is 0 Å². The van der Waals surface area contributed by atoms with Gasteiger partial charge in [-0.3, -0.25) is 29.1 Å². The van der Waals surface area contributed by atoms with Crippen LogP contribution in [0.25, 0.3) is 31.3 Å². The number of anilines is 3. The first-order valence-electron chi connectivity index (χ1n) is 44.5. The second kappa shape index (κ2) is 37.2. The Morgan fingerprint density at radius 1 is 0.439 bits per heavy atom. The molecule has 7 fully saturated rings. The van der Waals surface area contributed by atoms with E-state index in [0.717, 1.165) is 107 Å². The highest BCUT2D eigenvalue weighted by molar-refractivity contribution is 6.00. The summed E-state index contributed by atoms with van der Waals surface area (Å²) >= 11 is 0. The number of benzene rings is 3. The van der Waals surface area contributed by atoms with Crippen molar-refractivity contribution in [3.05, 3.63) is 176 Å². The summed E-state index contributed by atoms with van der Waals surface area (Å²) in [5, 5.41) is 18.9. The third kappa shape index (κ3) is 19.9. The number of allylic oxidation sites excluding steroid dienone is 6. The first kappa shape index (κ1) is 82.7. The molecule has 3 amide bonds. The maximum absolute atomic E-state index is 13.3. The van der Waals surface area contributed by atoms with Crippen LogP contribution >= 0.6 is 0 Å². The van der Waals surface area contributed by atoms with Crippen molar-refractivity contribution in [2.75, 3.05) is 115 Å². The predicted molar refractivity (Wildman–Crippen MR) is 464 cm³/mol. The Labute approximate surface area is 683 Å². The minimum Gasteiger partial charge on any atom is -0.365 e. The highest BCUT2D eigenvalue weighted by Gasteiger charge is 2.44. The second-order valence-corrected chi connectivity index (χ2v) is 37.6. The molecule has 7 aliphatic carbocycles. The maximum Gasteiger partial charge on any atom is 0.268 e. The van der Waals surface area contributed by atoms with Crippen LogP contribution in [0.1, 0.15) is 267 Å². The summed E-state index contributed by atoms with van der Waals surface area (Å²) in [6, 6.07) is 20.8. The topological polar surface area (TPSA) is 156 Å². The molecule has 3 unspecified atom stereocenters. The van der Waals surface area contributed by atoms with Crippen LogP contribution < -0.4 is 31.9 Å². The number of rotatable bonds is 17. The molecule has 0 aromatic heterocycles. The van der Waals surface area contributed by atoms with E-state index >= 15 is 0 Å². The molecule has 3 atom stereocenters. The summed E-state index contributed by atoms with van der Waals surface area (Å²) in [6.45, 7) is 52.1.